The molecule has 1 fully saturated rings. The Morgan fingerprint density at radius 3 is 2.35 bits per heavy atom. The molecule has 0 saturated carbocycles. The molecule has 1 aliphatic rings. The maximum Gasteiger partial charge on any atom is 0.109 e. The molecule has 0 amide bonds. The Hall–Kier alpha value is -0.940. The SMILES string of the molecule is C[C@@H]1[C@@H](O)[C@H](c2ccccc2)O[C@H](CO)[C@H]1O. The van der Waals surface area contributed by atoms with Crippen molar-refractivity contribution >= 4 is 0 Å². The van der Waals surface area contributed by atoms with Crippen LogP contribution in [0.3, 0.4) is 0 Å². The lowest BCUT2D eigenvalue weighted by Crippen LogP contribution is -2.50. The Labute approximate surface area is 100 Å². The molecule has 0 aliphatic carbocycles. The van der Waals surface area contributed by atoms with Crippen LogP contribution in [0.1, 0.15) is 18.6 Å². The fourth-order valence-electron chi connectivity index (χ4n) is 2.24. The second kappa shape index (κ2) is 5.14. The van der Waals surface area contributed by atoms with Crippen molar-refractivity contribution in [3.63, 3.8) is 0 Å². The van der Waals surface area contributed by atoms with Crippen LogP contribution in [0.4, 0.5) is 0 Å². The number of aliphatic hydroxyl groups is 3. The predicted octanol–water partition coefficient (Wildman–Crippen LogP) is 0.477. The van der Waals surface area contributed by atoms with Crippen LogP contribution in [-0.2, 0) is 4.74 Å². The van der Waals surface area contributed by atoms with E-state index in [4.69, 9.17) is 9.84 Å². The van der Waals surface area contributed by atoms with Gasteiger partial charge in [0.2, 0.25) is 0 Å². The van der Waals surface area contributed by atoms with E-state index < -0.39 is 24.4 Å². The van der Waals surface area contributed by atoms with Crippen LogP contribution in [0, 0.1) is 5.92 Å². The molecule has 1 saturated heterocycles. The molecule has 1 aromatic carbocycles. The molecule has 1 aliphatic heterocycles. The van der Waals surface area contributed by atoms with Gasteiger partial charge in [-0.1, -0.05) is 37.3 Å². The predicted molar refractivity (Wildman–Crippen MR) is 62.3 cm³/mol. The quantitative estimate of drug-likeness (QED) is 0.701. The van der Waals surface area contributed by atoms with Gasteiger partial charge in [0.15, 0.2) is 0 Å². The lowest BCUT2D eigenvalue weighted by molar-refractivity contribution is -0.207. The van der Waals surface area contributed by atoms with Gasteiger partial charge in [-0.25, -0.2) is 0 Å². The van der Waals surface area contributed by atoms with Crippen LogP contribution in [0.5, 0.6) is 0 Å². The number of hydrogen-bond acceptors (Lipinski definition) is 4. The highest BCUT2D eigenvalue weighted by Gasteiger charge is 2.42. The van der Waals surface area contributed by atoms with Gasteiger partial charge in [-0.2, -0.15) is 0 Å². The minimum atomic E-state index is -0.838. The summed E-state index contributed by atoms with van der Waals surface area (Å²) in [6, 6.07) is 9.37. The van der Waals surface area contributed by atoms with Gasteiger partial charge in [0.1, 0.15) is 12.2 Å². The second-order valence-corrected chi connectivity index (χ2v) is 4.53. The van der Waals surface area contributed by atoms with E-state index in [1.165, 1.54) is 0 Å². The monoisotopic (exact) mass is 238 g/mol. The Kier molecular flexibility index (Phi) is 3.79. The zero-order valence-corrected chi connectivity index (χ0v) is 9.73. The van der Waals surface area contributed by atoms with Gasteiger partial charge in [0.25, 0.3) is 0 Å². The summed E-state index contributed by atoms with van der Waals surface area (Å²) in [5.74, 6) is -0.328. The van der Waals surface area contributed by atoms with Crippen molar-refractivity contribution in [2.24, 2.45) is 5.92 Å². The molecular formula is C13H18O4. The van der Waals surface area contributed by atoms with Gasteiger partial charge in [0, 0.05) is 5.92 Å². The molecule has 0 unspecified atom stereocenters. The third kappa shape index (κ3) is 2.35. The Bertz CT molecular complexity index is 352. The van der Waals surface area contributed by atoms with Crippen LogP contribution in [0.15, 0.2) is 30.3 Å². The number of aliphatic hydroxyl groups excluding tert-OH is 3. The Morgan fingerprint density at radius 2 is 1.76 bits per heavy atom. The van der Waals surface area contributed by atoms with Gasteiger partial charge in [-0.3, -0.25) is 0 Å². The zero-order chi connectivity index (χ0) is 12.4. The molecule has 17 heavy (non-hydrogen) atoms. The molecule has 0 radical (unpaired) electrons. The van der Waals surface area contributed by atoms with Gasteiger partial charge >= 0.3 is 0 Å². The van der Waals surface area contributed by atoms with Crippen molar-refractivity contribution in [2.45, 2.75) is 31.3 Å². The van der Waals surface area contributed by atoms with E-state index >= 15 is 0 Å². The van der Waals surface area contributed by atoms with E-state index in [1.54, 1.807) is 6.92 Å². The highest BCUT2D eigenvalue weighted by Crippen LogP contribution is 2.35. The normalized spacial score (nSPS) is 38.0. The Morgan fingerprint density at radius 1 is 1.12 bits per heavy atom. The third-order valence-electron chi connectivity index (χ3n) is 3.40. The van der Waals surface area contributed by atoms with Gasteiger partial charge in [-0.15, -0.1) is 0 Å². The fraction of sp³-hybridized carbons (Fsp3) is 0.538. The molecule has 4 heteroatoms. The van der Waals surface area contributed by atoms with E-state index in [9.17, 15) is 10.2 Å². The number of rotatable bonds is 2. The smallest absolute Gasteiger partial charge is 0.109 e. The maximum absolute atomic E-state index is 10.1. The van der Waals surface area contributed by atoms with Crippen LogP contribution in [0.2, 0.25) is 0 Å². The lowest BCUT2D eigenvalue weighted by atomic mass is 9.85. The summed E-state index contributed by atoms with van der Waals surface area (Å²) in [5, 5.41) is 29.1. The summed E-state index contributed by atoms with van der Waals surface area (Å²) in [5.41, 5.74) is 0.859. The molecule has 1 aromatic rings. The summed E-state index contributed by atoms with van der Waals surface area (Å²) < 4.78 is 5.57. The van der Waals surface area contributed by atoms with Crippen molar-refractivity contribution < 1.29 is 20.1 Å². The molecule has 2 rings (SSSR count). The van der Waals surface area contributed by atoms with E-state index in [-0.39, 0.29) is 12.5 Å². The van der Waals surface area contributed by atoms with Crippen molar-refractivity contribution in [3.8, 4) is 0 Å². The summed E-state index contributed by atoms with van der Waals surface area (Å²) in [7, 11) is 0. The molecular weight excluding hydrogens is 220 g/mol. The standard InChI is InChI=1S/C13H18O4/c1-8-11(15)10(7-14)17-13(12(8)16)9-5-3-2-4-6-9/h2-6,8,10-16H,7H2,1H3/t8-,10+,11-,12+,13-/m0/s1. The molecule has 4 nitrogen and oxygen atoms in total. The van der Waals surface area contributed by atoms with Crippen LogP contribution in [0.25, 0.3) is 0 Å². The van der Waals surface area contributed by atoms with Crippen LogP contribution in [-0.4, -0.2) is 40.2 Å². The van der Waals surface area contributed by atoms with Crippen molar-refractivity contribution in [1.29, 1.82) is 0 Å². The highest BCUT2D eigenvalue weighted by atomic mass is 16.5. The highest BCUT2D eigenvalue weighted by molar-refractivity contribution is 5.20. The van der Waals surface area contributed by atoms with E-state index in [2.05, 4.69) is 0 Å². The number of benzene rings is 1. The fourth-order valence-corrected chi connectivity index (χ4v) is 2.24. The first kappa shape index (κ1) is 12.5. The number of ether oxygens (including phenoxy) is 1. The average molecular weight is 238 g/mol. The molecule has 94 valence electrons. The third-order valence-corrected chi connectivity index (χ3v) is 3.40. The van der Waals surface area contributed by atoms with Crippen LogP contribution >= 0.6 is 0 Å². The molecule has 1 heterocycles. The molecule has 0 bridgehead atoms. The second-order valence-electron chi connectivity index (χ2n) is 4.53. The minimum absolute atomic E-state index is 0.248. The van der Waals surface area contributed by atoms with E-state index in [0.29, 0.717) is 0 Å². The first-order chi connectivity index (χ1) is 8.15. The first-order valence-corrected chi connectivity index (χ1v) is 5.82. The van der Waals surface area contributed by atoms with E-state index in [1.807, 2.05) is 30.3 Å². The summed E-state index contributed by atoms with van der Waals surface area (Å²) in [4.78, 5) is 0. The molecule has 0 aromatic heterocycles. The lowest BCUT2D eigenvalue weighted by Gasteiger charge is -2.41. The van der Waals surface area contributed by atoms with Gasteiger partial charge < -0.3 is 20.1 Å². The van der Waals surface area contributed by atoms with Crippen LogP contribution < -0.4 is 0 Å². The maximum atomic E-state index is 10.1. The molecule has 5 atom stereocenters. The summed E-state index contributed by atoms with van der Waals surface area (Å²) in [6.07, 6.45) is -2.74. The largest absolute Gasteiger partial charge is 0.394 e. The average Bonchev–Trinajstić information content (AvgIpc) is 2.37. The van der Waals surface area contributed by atoms with Gasteiger partial charge in [-0.05, 0) is 5.56 Å². The summed E-state index contributed by atoms with van der Waals surface area (Å²) in [6.45, 7) is 1.51. The minimum Gasteiger partial charge on any atom is -0.394 e. The van der Waals surface area contributed by atoms with Gasteiger partial charge in [0.05, 0.1) is 18.8 Å². The Balaban J connectivity index is 2.23. The number of hydrogen-bond donors (Lipinski definition) is 3. The summed E-state index contributed by atoms with van der Waals surface area (Å²) >= 11 is 0. The van der Waals surface area contributed by atoms with Crippen molar-refractivity contribution in [1.82, 2.24) is 0 Å². The van der Waals surface area contributed by atoms with E-state index in [0.717, 1.165) is 5.56 Å². The van der Waals surface area contributed by atoms with Crippen molar-refractivity contribution in [3.05, 3.63) is 35.9 Å². The first-order valence-electron chi connectivity index (χ1n) is 5.82. The zero-order valence-electron chi connectivity index (χ0n) is 9.73. The van der Waals surface area contributed by atoms with Crippen molar-refractivity contribution in [2.75, 3.05) is 6.61 Å². The molecule has 0 spiro atoms. The topological polar surface area (TPSA) is 69.9 Å². The molecule has 3 N–H and O–H groups in total.